The maximum absolute atomic E-state index is 12.9. The normalized spacial score (nSPS) is 18.8. The zero-order chi connectivity index (χ0) is 17.3. The smallest absolute Gasteiger partial charge is 0.167 e. The highest BCUT2D eigenvalue weighted by atomic mass is 35.5. The Morgan fingerprint density at radius 2 is 2.17 bits per heavy atom. The maximum atomic E-state index is 12.9. The Morgan fingerprint density at radius 1 is 1.38 bits per heavy atom. The molecule has 1 atom stereocenters. The molecule has 0 aliphatic carbocycles. The molecule has 4 nitrogen and oxygen atoms in total. The van der Waals surface area contributed by atoms with Crippen LogP contribution in [0.3, 0.4) is 0 Å². The van der Waals surface area contributed by atoms with Gasteiger partial charge in [0.15, 0.2) is 5.78 Å². The third-order valence-electron chi connectivity index (χ3n) is 4.84. The minimum atomic E-state index is 0.0654. The second kappa shape index (κ2) is 7.08. The summed E-state index contributed by atoms with van der Waals surface area (Å²) in [5.74, 6) is 0.312. The van der Waals surface area contributed by atoms with Crippen molar-refractivity contribution in [2.24, 2.45) is 13.0 Å². The summed E-state index contributed by atoms with van der Waals surface area (Å²) in [6.45, 7) is 6.72. The van der Waals surface area contributed by atoms with Crippen molar-refractivity contribution in [1.82, 2.24) is 14.7 Å². The average molecular weight is 346 g/mol. The SMILES string of the molecule is Cc1cc(Cl)ccc1C(=O)[C@@H]1CCCN(Cc2cn(C)nc2C)C1. The summed E-state index contributed by atoms with van der Waals surface area (Å²) in [4.78, 5) is 15.3. The Hall–Kier alpha value is -1.65. The number of likely N-dealkylation sites (tertiary alicyclic amines) is 1. The van der Waals surface area contributed by atoms with E-state index in [2.05, 4.69) is 16.2 Å². The van der Waals surface area contributed by atoms with Crippen LogP contribution < -0.4 is 0 Å². The van der Waals surface area contributed by atoms with Crippen LogP contribution in [0.2, 0.25) is 5.02 Å². The second-order valence-electron chi connectivity index (χ2n) is 6.81. The number of hydrogen-bond acceptors (Lipinski definition) is 3. The summed E-state index contributed by atoms with van der Waals surface area (Å²) in [6.07, 6.45) is 4.09. The predicted octanol–water partition coefficient (Wildman–Crippen LogP) is 3.79. The standard InChI is InChI=1S/C19H24ClN3O/c1-13-9-17(20)6-7-18(13)19(24)15-5-4-8-23(11-15)12-16-10-22(3)21-14(16)2/h6-7,9-10,15H,4-5,8,11-12H2,1-3H3/t15-/m1/s1. The van der Waals surface area contributed by atoms with Gasteiger partial charge in [0.2, 0.25) is 0 Å². The number of Topliss-reactive ketones (excluding diaryl/α,β-unsaturated/α-hetero) is 1. The second-order valence-corrected chi connectivity index (χ2v) is 7.25. The van der Waals surface area contributed by atoms with Gasteiger partial charge in [-0.05, 0) is 57.0 Å². The first kappa shape index (κ1) is 17.2. The molecular formula is C19H24ClN3O. The summed E-state index contributed by atoms with van der Waals surface area (Å²) >= 11 is 6.01. The first-order valence-electron chi connectivity index (χ1n) is 8.46. The van der Waals surface area contributed by atoms with E-state index in [0.717, 1.165) is 49.3 Å². The lowest BCUT2D eigenvalue weighted by Gasteiger charge is -2.32. The quantitative estimate of drug-likeness (QED) is 0.791. The van der Waals surface area contributed by atoms with Crippen LogP contribution in [-0.2, 0) is 13.6 Å². The van der Waals surface area contributed by atoms with Crippen molar-refractivity contribution in [3.8, 4) is 0 Å². The molecule has 1 aliphatic rings. The molecule has 3 rings (SSSR count). The molecule has 128 valence electrons. The van der Waals surface area contributed by atoms with Crippen molar-refractivity contribution >= 4 is 17.4 Å². The van der Waals surface area contributed by atoms with Crippen LogP contribution in [0.1, 0.15) is 40.0 Å². The summed E-state index contributed by atoms with van der Waals surface area (Å²) in [5, 5.41) is 5.09. The predicted molar refractivity (Wildman–Crippen MR) is 96.5 cm³/mol. The van der Waals surface area contributed by atoms with E-state index in [-0.39, 0.29) is 11.7 Å². The number of halogens is 1. The van der Waals surface area contributed by atoms with Gasteiger partial charge in [-0.2, -0.15) is 5.10 Å². The number of carbonyl (C=O) groups is 1. The van der Waals surface area contributed by atoms with Gasteiger partial charge in [-0.3, -0.25) is 14.4 Å². The van der Waals surface area contributed by atoms with E-state index < -0.39 is 0 Å². The van der Waals surface area contributed by atoms with Crippen LogP contribution in [0.15, 0.2) is 24.4 Å². The number of rotatable bonds is 4. The fraction of sp³-hybridized carbons (Fsp3) is 0.474. The molecule has 1 aliphatic heterocycles. The minimum Gasteiger partial charge on any atom is -0.298 e. The highest BCUT2D eigenvalue weighted by Crippen LogP contribution is 2.25. The molecule has 1 aromatic carbocycles. The first-order chi connectivity index (χ1) is 11.4. The van der Waals surface area contributed by atoms with E-state index in [0.29, 0.717) is 5.02 Å². The molecule has 0 spiro atoms. The average Bonchev–Trinajstić information content (AvgIpc) is 2.84. The van der Waals surface area contributed by atoms with Gasteiger partial charge in [0.05, 0.1) is 5.69 Å². The van der Waals surface area contributed by atoms with Gasteiger partial charge in [0.1, 0.15) is 0 Å². The highest BCUT2D eigenvalue weighted by molar-refractivity contribution is 6.30. The molecule has 2 aromatic rings. The molecule has 0 radical (unpaired) electrons. The van der Waals surface area contributed by atoms with Crippen LogP contribution in [0, 0.1) is 19.8 Å². The van der Waals surface area contributed by atoms with E-state index in [1.165, 1.54) is 5.56 Å². The van der Waals surface area contributed by atoms with Crippen molar-refractivity contribution < 1.29 is 4.79 Å². The molecule has 2 heterocycles. The van der Waals surface area contributed by atoms with Crippen molar-refractivity contribution in [1.29, 1.82) is 0 Å². The van der Waals surface area contributed by atoms with Gasteiger partial charge < -0.3 is 0 Å². The fourth-order valence-corrected chi connectivity index (χ4v) is 3.81. The number of nitrogens with zero attached hydrogens (tertiary/aromatic N) is 3. The molecule has 0 saturated carbocycles. The fourth-order valence-electron chi connectivity index (χ4n) is 3.58. The van der Waals surface area contributed by atoms with Crippen molar-refractivity contribution in [2.45, 2.75) is 33.2 Å². The third-order valence-corrected chi connectivity index (χ3v) is 5.07. The molecule has 5 heteroatoms. The van der Waals surface area contributed by atoms with Gasteiger partial charge >= 0.3 is 0 Å². The van der Waals surface area contributed by atoms with Gasteiger partial charge in [-0.1, -0.05) is 11.6 Å². The van der Waals surface area contributed by atoms with Crippen molar-refractivity contribution in [3.05, 3.63) is 51.8 Å². The van der Waals surface area contributed by atoms with Crippen LogP contribution in [0.5, 0.6) is 0 Å². The Bertz CT molecular complexity index is 753. The van der Waals surface area contributed by atoms with Gasteiger partial charge in [-0.15, -0.1) is 0 Å². The maximum Gasteiger partial charge on any atom is 0.167 e. The number of piperidine rings is 1. The lowest BCUT2D eigenvalue weighted by Crippen LogP contribution is -2.38. The lowest BCUT2D eigenvalue weighted by molar-refractivity contribution is 0.0811. The third kappa shape index (κ3) is 3.70. The first-order valence-corrected chi connectivity index (χ1v) is 8.83. The van der Waals surface area contributed by atoms with Gasteiger partial charge in [0.25, 0.3) is 0 Å². The Balaban J connectivity index is 1.71. The highest BCUT2D eigenvalue weighted by Gasteiger charge is 2.27. The molecule has 24 heavy (non-hydrogen) atoms. The molecular weight excluding hydrogens is 322 g/mol. The van der Waals surface area contributed by atoms with Gasteiger partial charge in [0, 0.05) is 48.4 Å². The Kier molecular flexibility index (Phi) is 5.07. The zero-order valence-electron chi connectivity index (χ0n) is 14.6. The molecule has 0 unspecified atom stereocenters. The molecule has 0 amide bonds. The molecule has 1 aromatic heterocycles. The van der Waals surface area contributed by atoms with E-state index in [1.807, 2.05) is 37.7 Å². The van der Waals surface area contributed by atoms with E-state index in [4.69, 9.17) is 11.6 Å². The Morgan fingerprint density at radius 3 is 2.83 bits per heavy atom. The van der Waals surface area contributed by atoms with E-state index in [1.54, 1.807) is 6.07 Å². The topological polar surface area (TPSA) is 38.1 Å². The zero-order valence-corrected chi connectivity index (χ0v) is 15.3. The molecule has 0 N–H and O–H groups in total. The van der Waals surface area contributed by atoms with Crippen LogP contribution in [-0.4, -0.2) is 33.6 Å². The molecule has 1 saturated heterocycles. The molecule has 0 bridgehead atoms. The number of carbonyl (C=O) groups excluding carboxylic acids is 1. The summed E-state index contributed by atoms with van der Waals surface area (Å²) < 4.78 is 1.86. The largest absolute Gasteiger partial charge is 0.298 e. The summed E-state index contributed by atoms with van der Waals surface area (Å²) in [6, 6.07) is 5.54. The summed E-state index contributed by atoms with van der Waals surface area (Å²) in [5.41, 5.74) is 4.09. The lowest BCUT2D eigenvalue weighted by atomic mass is 9.88. The van der Waals surface area contributed by atoms with Gasteiger partial charge in [-0.25, -0.2) is 0 Å². The number of ketones is 1. The number of hydrogen-bond donors (Lipinski definition) is 0. The number of benzene rings is 1. The van der Waals surface area contributed by atoms with Crippen LogP contribution in [0.4, 0.5) is 0 Å². The summed E-state index contributed by atoms with van der Waals surface area (Å²) in [7, 11) is 1.95. The Labute approximate surface area is 148 Å². The van der Waals surface area contributed by atoms with Crippen LogP contribution >= 0.6 is 11.6 Å². The molecule has 1 fully saturated rings. The monoisotopic (exact) mass is 345 g/mol. The minimum absolute atomic E-state index is 0.0654. The number of aryl methyl sites for hydroxylation is 3. The van der Waals surface area contributed by atoms with Crippen molar-refractivity contribution in [3.63, 3.8) is 0 Å². The van der Waals surface area contributed by atoms with Crippen molar-refractivity contribution in [2.75, 3.05) is 13.1 Å². The van der Waals surface area contributed by atoms with Crippen LogP contribution in [0.25, 0.3) is 0 Å². The van der Waals surface area contributed by atoms with E-state index in [9.17, 15) is 4.79 Å². The number of aromatic nitrogens is 2. The van der Waals surface area contributed by atoms with E-state index >= 15 is 0 Å².